The van der Waals surface area contributed by atoms with Crippen LogP contribution in [0.1, 0.15) is 37.3 Å². The van der Waals surface area contributed by atoms with E-state index in [1.165, 1.54) is 10.4 Å². The molecule has 2 aromatic rings. The summed E-state index contributed by atoms with van der Waals surface area (Å²) in [5.74, 6) is 0.523. The first-order valence-electron chi connectivity index (χ1n) is 6.93. The second-order valence-corrected chi connectivity index (χ2v) is 6.51. The Bertz CT molecular complexity index is 674. The molecule has 1 aromatic carbocycles. The first-order valence-corrected chi connectivity index (χ1v) is 7.75. The summed E-state index contributed by atoms with van der Waals surface area (Å²) in [4.78, 5) is 14.4. The molecule has 1 amide bonds. The van der Waals surface area contributed by atoms with Crippen molar-refractivity contribution in [3.05, 3.63) is 50.7 Å². The van der Waals surface area contributed by atoms with Crippen LogP contribution in [0, 0.1) is 13.8 Å². The Morgan fingerprint density at radius 2 is 2.14 bits per heavy atom. The van der Waals surface area contributed by atoms with Gasteiger partial charge < -0.3 is 15.8 Å². The lowest BCUT2D eigenvalue weighted by Crippen LogP contribution is -2.24. The van der Waals surface area contributed by atoms with Crippen LogP contribution in [0.2, 0.25) is 0 Å². The monoisotopic (exact) mass is 302 g/mol. The lowest BCUT2D eigenvalue weighted by atomic mass is 10.0. The molecule has 110 valence electrons. The SMILES string of the molecule is Cc1cc(C(N)c2ccc3c(c2)C(=O)NCCO3)sc1C. The standard InChI is InChI=1S/C16H18N2O2S/c1-9-7-14(21-10(9)2)15(17)11-3-4-13-12(8-11)16(19)18-5-6-20-13/h3-4,7-8,15H,5-6,17H2,1-2H3,(H,18,19). The van der Waals surface area contributed by atoms with E-state index >= 15 is 0 Å². The molecule has 1 aliphatic heterocycles. The van der Waals surface area contributed by atoms with Gasteiger partial charge in [-0.15, -0.1) is 11.3 Å². The first kappa shape index (κ1) is 14.1. The van der Waals surface area contributed by atoms with Gasteiger partial charge in [0.05, 0.1) is 18.2 Å². The Morgan fingerprint density at radius 1 is 1.33 bits per heavy atom. The molecule has 0 saturated carbocycles. The van der Waals surface area contributed by atoms with E-state index in [2.05, 4.69) is 25.2 Å². The van der Waals surface area contributed by atoms with Crippen LogP contribution in [0.3, 0.4) is 0 Å². The molecule has 0 fully saturated rings. The number of carbonyl (C=O) groups excluding carboxylic acids is 1. The molecule has 1 aromatic heterocycles. The summed E-state index contributed by atoms with van der Waals surface area (Å²) in [6.07, 6.45) is 0. The maximum absolute atomic E-state index is 12.0. The van der Waals surface area contributed by atoms with Crippen molar-refractivity contribution in [1.82, 2.24) is 5.32 Å². The van der Waals surface area contributed by atoms with Crippen molar-refractivity contribution < 1.29 is 9.53 Å². The van der Waals surface area contributed by atoms with E-state index in [0.717, 1.165) is 10.4 Å². The quantitative estimate of drug-likeness (QED) is 0.896. The van der Waals surface area contributed by atoms with E-state index in [-0.39, 0.29) is 11.9 Å². The number of fused-ring (bicyclic) bond motifs is 1. The highest BCUT2D eigenvalue weighted by atomic mass is 32.1. The topological polar surface area (TPSA) is 64.4 Å². The molecule has 2 heterocycles. The molecule has 1 aliphatic rings. The summed E-state index contributed by atoms with van der Waals surface area (Å²) < 4.78 is 5.56. The van der Waals surface area contributed by atoms with Gasteiger partial charge in [-0.3, -0.25) is 4.79 Å². The molecular weight excluding hydrogens is 284 g/mol. The second kappa shape index (κ2) is 5.50. The highest BCUT2D eigenvalue weighted by Crippen LogP contribution is 2.31. The van der Waals surface area contributed by atoms with E-state index in [9.17, 15) is 4.79 Å². The fraction of sp³-hybridized carbons (Fsp3) is 0.312. The van der Waals surface area contributed by atoms with Crippen molar-refractivity contribution in [2.75, 3.05) is 13.2 Å². The lowest BCUT2D eigenvalue weighted by Gasteiger charge is -2.13. The molecule has 3 rings (SSSR count). The zero-order valence-electron chi connectivity index (χ0n) is 12.1. The second-order valence-electron chi connectivity index (χ2n) is 5.23. The first-order chi connectivity index (χ1) is 10.1. The van der Waals surface area contributed by atoms with Crippen molar-refractivity contribution in [2.45, 2.75) is 19.9 Å². The van der Waals surface area contributed by atoms with Gasteiger partial charge in [-0.25, -0.2) is 0 Å². The Labute approximate surface area is 127 Å². The normalized spacial score (nSPS) is 15.7. The number of hydrogen-bond acceptors (Lipinski definition) is 4. The number of nitrogens with one attached hydrogen (secondary N) is 1. The summed E-state index contributed by atoms with van der Waals surface area (Å²) in [6, 6.07) is 7.51. The van der Waals surface area contributed by atoms with Gasteiger partial charge in [-0.2, -0.15) is 0 Å². The maximum atomic E-state index is 12.0. The van der Waals surface area contributed by atoms with Crippen LogP contribution in [0.25, 0.3) is 0 Å². The zero-order chi connectivity index (χ0) is 15.0. The predicted octanol–water partition coefficient (Wildman–Crippen LogP) is 2.54. The van der Waals surface area contributed by atoms with Gasteiger partial charge in [0.1, 0.15) is 12.4 Å². The fourth-order valence-corrected chi connectivity index (χ4v) is 3.46. The van der Waals surface area contributed by atoms with Crippen molar-refractivity contribution in [3.8, 4) is 5.75 Å². The van der Waals surface area contributed by atoms with Gasteiger partial charge in [0.15, 0.2) is 0 Å². The third kappa shape index (κ3) is 2.66. The van der Waals surface area contributed by atoms with Crippen LogP contribution in [-0.2, 0) is 0 Å². The Kier molecular flexibility index (Phi) is 3.69. The van der Waals surface area contributed by atoms with Crippen molar-refractivity contribution in [3.63, 3.8) is 0 Å². The van der Waals surface area contributed by atoms with E-state index < -0.39 is 0 Å². The van der Waals surface area contributed by atoms with E-state index in [1.54, 1.807) is 11.3 Å². The van der Waals surface area contributed by atoms with Crippen LogP contribution in [0.4, 0.5) is 0 Å². The molecule has 3 N–H and O–H groups in total. The summed E-state index contributed by atoms with van der Waals surface area (Å²) >= 11 is 1.70. The van der Waals surface area contributed by atoms with Crippen molar-refractivity contribution >= 4 is 17.2 Å². The largest absolute Gasteiger partial charge is 0.491 e. The number of aryl methyl sites for hydroxylation is 2. The zero-order valence-corrected chi connectivity index (χ0v) is 12.9. The van der Waals surface area contributed by atoms with Gasteiger partial charge in [0, 0.05) is 9.75 Å². The average Bonchev–Trinajstić information content (AvgIpc) is 2.70. The van der Waals surface area contributed by atoms with Crippen molar-refractivity contribution in [1.29, 1.82) is 0 Å². The Morgan fingerprint density at radius 3 is 2.86 bits per heavy atom. The van der Waals surface area contributed by atoms with Crippen molar-refractivity contribution in [2.24, 2.45) is 5.73 Å². The number of benzene rings is 1. The number of amides is 1. The Balaban J connectivity index is 1.97. The number of thiophene rings is 1. The molecule has 0 bridgehead atoms. The number of rotatable bonds is 2. The molecule has 1 unspecified atom stereocenters. The van der Waals surface area contributed by atoms with Gasteiger partial charge >= 0.3 is 0 Å². The van der Waals surface area contributed by atoms with Crippen LogP contribution in [0.5, 0.6) is 5.75 Å². The Hall–Kier alpha value is -1.85. The van der Waals surface area contributed by atoms with Crippen LogP contribution < -0.4 is 15.8 Å². The van der Waals surface area contributed by atoms with Crippen LogP contribution in [-0.4, -0.2) is 19.1 Å². The van der Waals surface area contributed by atoms with E-state index in [0.29, 0.717) is 24.5 Å². The van der Waals surface area contributed by atoms with E-state index in [1.807, 2.05) is 18.2 Å². The predicted molar refractivity (Wildman–Crippen MR) is 84.1 cm³/mol. The molecular formula is C16H18N2O2S. The molecule has 1 atom stereocenters. The van der Waals surface area contributed by atoms with Crippen LogP contribution >= 0.6 is 11.3 Å². The van der Waals surface area contributed by atoms with Gasteiger partial charge in [-0.05, 0) is 43.2 Å². The minimum absolute atomic E-state index is 0.102. The smallest absolute Gasteiger partial charge is 0.255 e. The molecule has 0 radical (unpaired) electrons. The third-order valence-electron chi connectivity index (χ3n) is 3.74. The van der Waals surface area contributed by atoms with Crippen LogP contribution in [0.15, 0.2) is 24.3 Å². The summed E-state index contributed by atoms with van der Waals surface area (Å²) in [6.45, 7) is 5.20. The maximum Gasteiger partial charge on any atom is 0.255 e. The average molecular weight is 302 g/mol. The molecule has 0 saturated heterocycles. The third-order valence-corrected chi connectivity index (χ3v) is 4.98. The number of ether oxygens (including phenoxy) is 1. The fourth-order valence-electron chi connectivity index (χ4n) is 2.38. The summed E-state index contributed by atoms with van der Waals surface area (Å²) in [5, 5.41) is 2.82. The molecule has 21 heavy (non-hydrogen) atoms. The highest BCUT2D eigenvalue weighted by molar-refractivity contribution is 7.12. The number of hydrogen-bond donors (Lipinski definition) is 2. The minimum atomic E-state index is -0.219. The summed E-state index contributed by atoms with van der Waals surface area (Å²) in [5.41, 5.74) is 9.09. The molecule has 4 nitrogen and oxygen atoms in total. The number of nitrogens with two attached hydrogens (primary N) is 1. The lowest BCUT2D eigenvalue weighted by molar-refractivity contribution is 0.0957. The number of carbonyl (C=O) groups is 1. The molecule has 5 heteroatoms. The van der Waals surface area contributed by atoms with Gasteiger partial charge in [0.2, 0.25) is 0 Å². The van der Waals surface area contributed by atoms with Gasteiger partial charge in [-0.1, -0.05) is 6.07 Å². The van der Waals surface area contributed by atoms with E-state index in [4.69, 9.17) is 10.5 Å². The minimum Gasteiger partial charge on any atom is -0.491 e. The van der Waals surface area contributed by atoms with Gasteiger partial charge in [0.25, 0.3) is 5.91 Å². The summed E-state index contributed by atoms with van der Waals surface area (Å²) in [7, 11) is 0. The molecule has 0 aliphatic carbocycles. The molecule has 0 spiro atoms. The highest BCUT2D eigenvalue weighted by Gasteiger charge is 2.20.